The Bertz CT molecular complexity index is 905. The number of pyridine rings is 1. The second kappa shape index (κ2) is 7.99. The fraction of sp³-hybridized carbons (Fsp3) is 0.444. The van der Waals surface area contributed by atoms with Crippen molar-refractivity contribution in [1.82, 2.24) is 19.7 Å². The van der Waals surface area contributed by atoms with E-state index >= 15 is 0 Å². The number of aromatic nitrogens is 3. The van der Waals surface area contributed by atoms with Gasteiger partial charge >= 0.3 is 6.18 Å². The van der Waals surface area contributed by atoms with Gasteiger partial charge in [-0.2, -0.15) is 18.3 Å². The van der Waals surface area contributed by atoms with E-state index in [-0.39, 0.29) is 35.6 Å². The number of carbonyl (C=O) groups is 1. The zero-order valence-corrected chi connectivity index (χ0v) is 15.1. The lowest BCUT2D eigenvalue weighted by molar-refractivity contribution is -0.141. The van der Waals surface area contributed by atoms with Crippen LogP contribution in [0.3, 0.4) is 0 Å². The summed E-state index contributed by atoms with van der Waals surface area (Å²) in [5, 5.41) is 3.96. The highest BCUT2D eigenvalue weighted by Crippen LogP contribution is 2.29. The van der Waals surface area contributed by atoms with Gasteiger partial charge < -0.3 is 9.64 Å². The number of hydrogen-bond donors (Lipinski definition) is 0. The van der Waals surface area contributed by atoms with Crippen molar-refractivity contribution >= 4 is 5.91 Å². The van der Waals surface area contributed by atoms with Crippen LogP contribution in [0, 0.1) is 5.92 Å². The molecule has 10 heteroatoms. The molecule has 2 aromatic heterocycles. The minimum Gasteiger partial charge on any atom is -0.477 e. The van der Waals surface area contributed by atoms with Gasteiger partial charge in [0.25, 0.3) is 11.5 Å². The molecule has 3 heterocycles. The van der Waals surface area contributed by atoms with Crippen LogP contribution >= 0.6 is 0 Å². The molecule has 1 fully saturated rings. The van der Waals surface area contributed by atoms with Crippen LogP contribution in [0.5, 0.6) is 5.88 Å². The number of hydrogen-bond acceptors (Lipinski definition) is 5. The zero-order chi connectivity index (χ0) is 20.3. The third-order valence-corrected chi connectivity index (χ3v) is 4.56. The molecule has 150 valence electrons. The molecule has 7 nitrogen and oxygen atoms in total. The fourth-order valence-electron chi connectivity index (χ4n) is 2.94. The Morgan fingerprint density at radius 3 is 2.57 bits per heavy atom. The molecular formula is C18H19F3N4O3. The van der Waals surface area contributed by atoms with Crippen LogP contribution in [0.25, 0.3) is 0 Å². The van der Waals surface area contributed by atoms with Gasteiger partial charge in [-0.1, -0.05) is 6.07 Å². The molecule has 1 aliphatic rings. The standard InChI is InChI=1S/C18H19F3N4O3/c1-24-16(26)6-5-13(23-24)17(27)25-9-7-12(8-10-25)11-28-15-4-2-3-14(22-15)18(19,20)21/h2-6,12H,7-11H2,1H3. The number of halogens is 3. The summed E-state index contributed by atoms with van der Waals surface area (Å²) >= 11 is 0. The number of piperidine rings is 1. The molecule has 0 N–H and O–H groups in total. The van der Waals surface area contributed by atoms with Crippen molar-refractivity contribution in [3.05, 3.63) is 52.1 Å². The first-order valence-electron chi connectivity index (χ1n) is 8.75. The summed E-state index contributed by atoms with van der Waals surface area (Å²) < 4.78 is 44.6. The number of alkyl halides is 3. The van der Waals surface area contributed by atoms with Crippen LogP contribution in [0.15, 0.2) is 35.1 Å². The lowest BCUT2D eigenvalue weighted by Crippen LogP contribution is -2.40. The normalized spacial score (nSPS) is 15.5. The second-order valence-electron chi connectivity index (χ2n) is 6.59. The van der Waals surface area contributed by atoms with E-state index in [9.17, 15) is 22.8 Å². The molecule has 0 aromatic carbocycles. The summed E-state index contributed by atoms with van der Waals surface area (Å²) in [6.07, 6.45) is -3.22. The van der Waals surface area contributed by atoms with Crippen molar-refractivity contribution in [3.63, 3.8) is 0 Å². The third-order valence-electron chi connectivity index (χ3n) is 4.56. The van der Waals surface area contributed by atoms with E-state index in [0.717, 1.165) is 10.7 Å². The Hall–Kier alpha value is -2.91. The first kappa shape index (κ1) is 19.8. The molecular weight excluding hydrogens is 377 g/mol. The highest BCUT2D eigenvalue weighted by molar-refractivity contribution is 5.92. The Balaban J connectivity index is 1.52. The van der Waals surface area contributed by atoms with E-state index in [4.69, 9.17) is 4.74 Å². The largest absolute Gasteiger partial charge is 0.477 e. The van der Waals surface area contributed by atoms with Crippen LogP contribution in [-0.4, -0.2) is 45.3 Å². The van der Waals surface area contributed by atoms with Gasteiger partial charge in [0, 0.05) is 32.3 Å². The van der Waals surface area contributed by atoms with E-state index in [2.05, 4.69) is 10.1 Å². The Labute approximate surface area is 158 Å². The Morgan fingerprint density at radius 1 is 1.21 bits per heavy atom. The molecule has 0 saturated carbocycles. The molecule has 1 saturated heterocycles. The van der Waals surface area contributed by atoms with Gasteiger partial charge in [0.2, 0.25) is 5.88 Å². The Morgan fingerprint density at radius 2 is 1.93 bits per heavy atom. The van der Waals surface area contributed by atoms with Crippen LogP contribution in [0.4, 0.5) is 13.2 Å². The van der Waals surface area contributed by atoms with Gasteiger partial charge in [0.15, 0.2) is 0 Å². The maximum atomic E-state index is 12.7. The molecule has 0 radical (unpaired) electrons. The molecule has 3 rings (SSSR count). The van der Waals surface area contributed by atoms with E-state index in [0.29, 0.717) is 25.9 Å². The van der Waals surface area contributed by atoms with Gasteiger partial charge in [0.1, 0.15) is 11.4 Å². The van der Waals surface area contributed by atoms with Crippen LogP contribution < -0.4 is 10.3 Å². The summed E-state index contributed by atoms with van der Waals surface area (Å²) in [5.41, 5.74) is -1.09. The fourth-order valence-corrected chi connectivity index (χ4v) is 2.94. The molecule has 2 aromatic rings. The van der Waals surface area contributed by atoms with Gasteiger partial charge in [-0.05, 0) is 30.9 Å². The summed E-state index contributed by atoms with van der Waals surface area (Å²) in [4.78, 5) is 29.0. The van der Waals surface area contributed by atoms with Crippen molar-refractivity contribution in [3.8, 4) is 5.88 Å². The monoisotopic (exact) mass is 396 g/mol. The summed E-state index contributed by atoms with van der Waals surface area (Å²) in [6, 6.07) is 6.23. The average Bonchev–Trinajstić information content (AvgIpc) is 2.68. The first-order valence-corrected chi connectivity index (χ1v) is 8.75. The first-order chi connectivity index (χ1) is 13.2. The van der Waals surface area contributed by atoms with E-state index in [1.807, 2.05) is 0 Å². The summed E-state index contributed by atoms with van der Waals surface area (Å²) in [7, 11) is 1.48. The van der Waals surface area contributed by atoms with Crippen LogP contribution in [0.1, 0.15) is 29.0 Å². The SMILES string of the molecule is Cn1nc(C(=O)N2CCC(COc3cccc(C(F)(F)F)n3)CC2)ccc1=O. The highest BCUT2D eigenvalue weighted by atomic mass is 19.4. The van der Waals surface area contributed by atoms with Crippen LogP contribution in [-0.2, 0) is 13.2 Å². The molecule has 28 heavy (non-hydrogen) atoms. The lowest BCUT2D eigenvalue weighted by atomic mass is 9.97. The maximum absolute atomic E-state index is 12.7. The lowest BCUT2D eigenvalue weighted by Gasteiger charge is -2.31. The topological polar surface area (TPSA) is 77.3 Å². The number of ether oxygens (including phenoxy) is 1. The number of nitrogens with zero attached hydrogens (tertiary/aromatic N) is 4. The molecule has 0 bridgehead atoms. The molecule has 1 amide bonds. The van der Waals surface area contributed by atoms with E-state index < -0.39 is 11.9 Å². The summed E-state index contributed by atoms with van der Waals surface area (Å²) in [5.74, 6) is -0.217. The molecule has 0 aliphatic carbocycles. The van der Waals surface area contributed by atoms with Gasteiger partial charge in [-0.25, -0.2) is 9.67 Å². The highest BCUT2D eigenvalue weighted by Gasteiger charge is 2.32. The second-order valence-corrected chi connectivity index (χ2v) is 6.59. The van der Waals surface area contributed by atoms with Gasteiger partial charge in [0.05, 0.1) is 6.61 Å². The van der Waals surface area contributed by atoms with E-state index in [1.54, 1.807) is 4.90 Å². The van der Waals surface area contributed by atoms with Crippen molar-refractivity contribution in [1.29, 1.82) is 0 Å². The smallest absolute Gasteiger partial charge is 0.433 e. The van der Waals surface area contributed by atoms with E-state index in [1.165, 1.54) is 31.3 Å². The molecule has 1 aliphatic heterocycles. The van der Waals surface area contributed by atoms with Gasteiger partial charge in [-0.3, -0.25) is 9.59 Å². The van der Waals surface area contributed by atoms with Crippen LogP contribution in [0.2, 0.25) is 0 Å². The maximum Gasteiger partial charge on any atom is 0.433 e. The number of rotatable bonds is 4. The van der Waals surface area contributed by atoms with Crippen molar-refractivity contribution < 1.29 is 22.7 Å². The Kier molecular flexibility index (Phi) is 5.66. The minimum atomic E-state index is -4.51. The molecule has 0 spiro atoms. The molecule has 0 unspecified atom stereocenters. The zero-order valence-electron chi connectivity index (χ0n) is 15.1. The number of amides is 1. The predicted octanol–water partition coefficient (Wildman–Crippen LogP) is 2.13. The van der Waals surface area contributed by atoms with Gasteiger partial charge in [-0.15, -0.1) is 0 Å². The van der Waals surface area contributed by atoms with Crippen molar-refractivity contribution in [2.24, 2.45) is 13.0 Å². The van der Waals surface area contributed by atoms with Crippen molar-refractivity contribution in [2.45, 2.75) is 19.0 Å². The predicted molar refractivity (Wildman–Crippen MR) is 92.8 cm³/mol. The number of aryl methyl sites for hydroxylation is 1. The quantitative estimate of drug-likeness (QED) is 0.791. The number of likely N-dealkylation sites (tertiary alicyclic amines) is 1. The van der Waals surface area contributed by atoms with Crippen molar-refractivity contribution in [2.75, 3.05) is 19.7 Å². The minimum absolute atomic E-state index is 0.0669. The third kappa shape index (κ3) is 4.68. The average molecular weight is 396 g/mol. The number of carbonyl (C=O) groups excluding carboxylic acids is 1. The molecule has 0 atom stereocenters. The summed E-state index contributed by atoms with van der Waals surface area (Å²) in [6.45, 7) is 1.19.